The Morgan fingerprint density at radius 3 is 2.69 bits per heavy atom. The molecule has 1 fully saturated rings. The van der Waals surface area contributed by atoms with Crippen LogP contribution in [0.1, 0.15) is 16.8 Å². The van der Waals surface area contributed by atoms with Crippen LogP contribution in [0.4, 0.5) is 10.3 Å². The smallest absolute Gasteiger partial charge is 0.206 e. The van der Waals surface area contributed by atoms with Gasteiger partial charge in [-0.2, -0.15) is 0 Å². The van der Waals surface area contributed by atoms with Gasteiger partial charge in [-0.25, -0.2) is 14.4 Å². The molecule has 1 aliphatic rings. The molecule has 29 heavy (non-hydrogen) atoms. The summed E-state index contributed by atoms with van der Waals surface area (Å²) in [5.41, 5.74) is 10.3. The van der Waals surface area contributed by atoms with Crippen molar-refractivity contribution in [3.05, 3.63) is 71.3 Å². The minimum atomic E-state index is -0.392. The number of nitrogen functional groups attached to an aromatic ring is 1. The highest BCUT2D eigenvalue weighted by Gasteiger charge is 2.14. The zero-order valence-corrected chi connectivity index (χ0v) is 16.0. The second kappa shape index (κ2) is 7.42. The van der Waals surface area contributed by atoms with Gasteiger partial charge in [0.15, 0.2) is 0 Å². The first-order chi connectivity index (χ1) is 14.2. The molecule has 0 amide bonds. The van der Waals surface area contributed by atoms with Crippen molar-refractivity contribution < 1.29 is 9.13 Å². The molecule has 0 aliphatic carbocycles. The minimum Gasteiger partial charge on any atom is -0.379 e. The van der Waals surface area contributed by atoms with Crippen LogP contribution in [0, 0.1) is 5.82 Å². The molecule has 2 N–H and O–H groups in total. The van der Waals surface area contributed by atoms with Crippen LogP contribution < -0.4 is 5.73 Å². The first-order valence-corrected chi connectivity index (χ1v) is 9.77. The average molecular weight is 391 g/mol. The number of anilines is 1. The molecule has 0 spiro atoms. The molecule has 2 aromatic heterocycles. The van der Waals surface area contributed by atoms with E-state index in [-0.39, 0.29) is 11.5 Å². The van der Waals surface area contributed by atoms with E-state index >= 15 is 0 Å². The molecule has 4 aromatic rings. The van der Waals surface area contributed by atoms with Gasteiger partial charge in [-0.1, -0.05) is 30.3 Å². The number of rotatable bonds is 4. The minimum absolute atomic E-state index is 0.234. The lowest BCUT2D eigenvalue weighted by molar-refractivity contribution is 0.0342. The van der Waals surface area contributed by atoms with E-state index in [1.807, 2.05) is 12.3 Å². The maximum absolute atomic E-state index is 14.1. The predicted octanol–water partition coefficient (Wildman–Crippen LogP) is 3.03. The predicted molar refractivity (Wildman–Crippen MR) is 110 cm³/mol. The third kappa shape index (κ3) is 3.54. The number of imidazole rings is 1. The maximum Gasteiger partial charge on any atom is 0.206 e. The summed E-state index contributed by atoms with van der Waals surface area (Å²) >= 11 is 0. The van der Waals surface area contributed by atoms with Crippen LogP contribution in [-0.4, -0.2) is 45.6 Å². The van der Waals surface area contributed by atoms with E-state index in [0.717, 1.165) is 38.5 Å². The summed E-state index contributed by atoms with van der Waals surface area (Å²) in [5, 5.41) is 0.659. The summed E-state index contributed by atoms with van der Waals surface area (Å²) in [6, 6.07) is 13.4. The lowest BCUT2D eigenvalue weighted by Crippen LogP contribution is -2.35. The standard InChI is InChI=1S/C22H22FN5O/c23-19-6-2-5-18-20(19)26-22(24)28-14-17(25-21(18)28)12-15-3-1-4-16(11-15)13-27-7-9-29-10-8-27/h1-6,11,14H,7-10,12-13H2,(H2,24,26). The number of nitrogens with two attached hydrogens (primary N) is 1. The molecular formula is C22H22FN5O. The number of hydrogen-bond acceptors (Lipinski definition) is 5. The van der Waals surface area contributed by atoms with Gasteiger partial charge in [-0.3, -0.25) is 9.30 Å². The Labute approximate surface area is 167 Å². The number of aromatic nitrogens is 3. The molecule has 1 aliphatic heterocycles. The van der Waals surface area contributed by atoms with E-state index in [4.69, 9.17) is 15.5 Å². The largest absolute Gasteiger partial charge is 0.379 e. The zero-order valence-electron chi connectivity index (χ0n) is 16.0. The van der Waals surface area contributed by atoms with Gasteiger partial charge in [-0.05, 0) is 23.3 Å². The van der Waals surface area contributed by atoms with Gasteiger partial charge in [0.1, 0.15) is 17.0 Å². The first-order valence-electron chi connectivity index (χ1n) is 9.77. The highest BCUT2D eigenvalue weighted by molar-refractivity contribution is 5.92. The van der Waals surface area contributed by atoms with Gasteiger partial charge in [0.25, 0.3) is 0 Å². The molecule has 0 saturated carbocycles. The Hall–Kier alpha value is -3.03. The summed E-state index contributed by atoms with van der Waals surface area (Å²) in [4.78, 5) is 11.3. The average Bonchev–Trinajstić information content (AvgIpc) is 3.15. The lowest BCUT2D eigenvalue weighted by atomic mass is 10.1. The van der Waals surface area contributed by atoms with Gasteiger partial charge >= 0.3 is 0 Å². The van der Waals surface area contributed by atoms with Gasteiger partial charge in [0.2, 0.25) is 5.95 Å². The van der Waals surface area contributed by atoms with Crippen LogP contribution in [0.5, 0.6) is 0 Å². The molecule has 148 valence electrons. The van der Waals surface area contributed by atoms with Crippen LogP contribution in [-0.2, 0) is 17.7 Å². The van der Waals surface area contributed by atoms with E-state index in [1.54, 1.807) is 10.5 Å². The van der Waals surface area contributed by atoms with Crippen LogP contribution in [0.15, 0.2) is 48.7 Å². The summed E-state index contributed by atoms with van der Waals surface area (Å²) in [6.07, 6.45) is 2.56. The summed E-state index contributed by atoms with van der Waals surface area (Å²) in [7, 11) is 0. The van der Waals surface area contributed by atoms with Gasteiger partial charge in [-0.15, -0.1) is 0 Å². The molecule has 1 saturated heterocycles. The van der Waals surface area contributed by atoms with E-state index in [1.165, 1.54) is 17.2 Å². The molecule has 0 radical (unpaired) electrons. The quantitative estimate of drug-likeness (QED) is 0.579. The second-order valence-electron chi connectivity index (χ2n) is 7.42. The van der Waals surface area contributed by atoms with Crippen molar-refractivity contribution in [2.45, 2.75) is 13.0 Å². The van der Waals surface area contributed by atoms with Crippen molar-refractivity contribution in [3.63, 3.8) is 0 Å². The fourth-order valence-electron chi connectivity index (χ4n) is 3.92. The molecule has 6 nitrogen and oxygen atoms in total. The monoisotopic (exact) mass is 391 g/mol. The number of morpholine rings is 1. The Kier molecular flexibility index (Phi) is 4.61. The molecule has 2 aromatic carbocycles. The topological polar surface area (TPSA) is 68.7 Å². The molecule has 7 heteroatoms. The summed E-state index contributed by atoms with van der Waals surface area (Å²) < 4.78 is 21.3. The number of para-hydroxylation sites is 1. The SMILES string of the molecule is Nc1nc2c(F)cccc2c2nc(Cc3cccc(CN4CCOCC4)c3)cn12. The highest BCUT2D eigenvalue weighted by Crippen LogP contribution is 2.24. The lowest BCUT2D eigenvalue weighted by Gasteiger charge is -2.26. The number of nitrogens with zero attached hydrogens (tertiary/aromatic N) is 4. The fourth-order valence-corrected chi connectivity index (χ4v) is 3.92. The third-order valence-corrected chi connectivity index (χ3v) is 5.34. The van der Waals surface area contributed by atoms with Crippen molar-refractivity contribution in [2.75, 3.05) is 32.0 Å². The van der Waals surface area contributed by atoms with Gasteiger partial charge in [0, 0.05) is 37.6 Å². The van der Waals surface area contributed by atoms with Crippen LogP contribution in [0.2, 0.25) is 0 Å². The Balaban J connectivity index is 1.44. The number of ether oxygens (including phenoxy) is 1. The van der Waals surface area contributed by atoms with Crippen molar-refractivity contribution >= 4 is 22.5 Å². The summed E-state index contributed by atoms with van der Waals surface area (Å²) in [6.45, 7) is 4.44. The number of fused-ring (bicyclic) bond motifs is 3. The fraction of sp³-hybridized carbons (Fsp3) is 0.273. The van der Waals surface area contributed by atoms with Crippen LogP contribution >= 0.6 is 0 Å². The molecule has 3 heterocycles. The molecule has 0 atom stereocenters. The maximum atomic E-state index is 14.1. The van der Waals surface area contributed by atoms with Crippen LogP contribution in [0.25, 0.3) is 16.6 Å². The van der Waals surface area contributed by atoms with Crippen molar-refractivity contribution in [2.24, 2.45) is 0 Å². The summed E-state index contributed by atoms with van der Waals surface area (Å²) in [5.74, 6) is -0.158. The number of hydrogen-bond donors (Lipinski definition) is 1. The number of benzene rings is 2. The van der Waals surface area contributed by atoms with Crippen molar-refractivity contribution in [3.8, 4) is 0 Å². The second-order valence-corrected chi connectivity index (χ2v) is 7.42. The Morgan fingerprint density at radius 2 is 1.83 bits per heavy atom. The van der Waals surface area contributed by atoms with Crippen LogP contribution in [0.3, 0.4) is 0 Å². The molecular weight excluding hydrogens is 369 g/mol. The molecule has 0 bridgehead atoms. The Morgan fingerprint density at radius 1 is 1.03 bits per heavy atom. The van der Waals surface area contributed by atoms with E-state index in [0.29, 0.717) is 17.5 Å². The highest BCUT2D eigenvalue weighted by atomic mass is 19.1. The van der Waals surface area contributed by atoms with E-state index in [9.17, 15) is 4.39 Å². The van der Waals surface area contributed by atoms with Gasteiger partial charge < -0.3 is 10.5 Å². The molecule has 5 rings (SSSR count). The zero-order chi connectivity index (χ0) is 19.8. The Bertz CT molecular complexity index is 1180. The molecule has 0 unspecified atom stereocenters. The normalized spacial score (nSPS) is 15.3. The first kappa shape index (κ1) is 18.0. The number of halogens is 1. The van der Waals surface area contributed by atoms with Crippen molar-refractivity contribution in [1.82, 2.24) is 19.3 Å². The van der Waals surface area contributed by atoms with E-state index in [2.05, 4.69) is 34.1 Å². The van der Waals surface area contributed by atoms with Crippen molar-refractivity contribution in [1.29, 1.82) is 0 Å². The van der Waals surface area contributed by atoms with Gasteiger partial charge in [0.05, 0.1) is 18.9 Å². The van der Waals surface area contributed by atoms with E-state index < -0.39 is 5.82 Å². The third-order valence-electron chi connectivity index (χ3n) is 5.34.